The van der Waals surface area contributed by atoms with Crippen molar-refractivity contribution < 1.29 is 0 Å². The summed E-state index contributed by atoms with van der Waals surface area (Å²) in [4.78, 5) is 9.08. The summed E-state index contributed by atoms with van der Waals surface area (Å²) in [6.45, 7) is 0.666. The lowest BCUT2D eigenvalue weighted by Crippen LogP contribution is -2.14. The fourth-order valence-corrected chi connectivity index (χ4v) is 2.37. The molecule has 1 saturated carbocycles. The van der Waals surface area contributed by atoms with Crippen LogP contribution in [0.1, 0.15) is 36.6 Å². The Morgan fingerprint density at radius 3 is 2.87 bits per heavy atom. The molecule has 0 amide bonds. The molecule has 82 valence electrons. The second kappa shape index (κ2) is 4.94. The Morgan fingerprint density at radius 1 is 1.53 bits per heavy atom. The van der Waals surface area contributed by atoms with E-state index in [-0.39, 0.29) is 0 Å². The number of rotatable bonds is 4. The Kier molecular flexibility index (Phi) is 3.59. The average Bonchev–Trinajstić information content (AvgIpc) is 2.18. The summed E-state index contributed by atoms with van der Waals surface area (Å²) in [6.07, 6.45) is 8.73. The van der Waals surface area contributed by atoms with Gasteiger partial charge in [-0.05, 0) is 32.1 Å². The largest absolute Gasteiger partial charge is 0.330 e. The van der Waals surface area contributed by atoms with Crippen molar-refractivity contribution >= 4 is 11.8 Å². The molecule has 0 bridgehead atoms. The predicted molar refractivity (Wildman–Crippen MR) is 63.2 cm³/mol. The maximum atomic E-state index is 5.55. The molecule has 0 aliphatic heterocycles. The van der Waals surface area contributed by atoms with Gasteiger partial charge in [-0.25, -0.2) is 9.97 Å². The molecule has 2 rings (SSSR count). The van der Waals surface area contributed by atoms with E-state index in [4.69, 9.17) is 5.73 Å². The van der Waals surface area contributed by atoms with Crippen LogP contribution in [0.4, 0.5) is 0 Å². The lowest BCUT2D eigenvalue weighted by molar-refractivity contribution is 0.398. The van der Waals surface area contributed by atoms with Crippen molar-refractivity contribution in [3.8, 4) is 0 Å². The minimum atomic E-state index is 0.614. The molecule has 1 aliphatic carbocycles. The first-order chi connectivity index (χ1) is 7.35. The zero-order chi connectivity index (χ0) is 10.7. The van der Waals surface area contributed by atoms with E-state index in [1.165, 1.54) is 24.8 Å². The molecule has 4 heteroatoms. The molecule has 0 aromatic carbocycles. The van der Waals surface area contributed by atoms with Crippen LogP contribution in [-0.2, 0) is 6.42 Å². The topological polar surface area (TPSA) is 51.8 Å². The number of nitrogens with zero attached hydrogens (tertiary/aromatic N) is 2. The third-order valence-corrected chi connectivity index (χ3v) is 3.66. The molecule has 3 nitrogen and oxygen atoms in total. The van der Waals surface area contributed by atoms with Crippen molar-refractivity contribution in [1.29, 1.82) is 0 Å². The minimum absolute atomic E-state index is 0.614. The normalized spacial score (nSPS) is 16.4. The molecule has 1 aromatic heterocycles. The van der Waals surface area contributed by atoms with Crippen LogP contribution in [0, 0.1) is 0 Å². The second-order valence-corrected chi connectivity index (χ2v) is 4.72. The van der Waals surface area contributed by atoms with E-state index < -0.39 is 0 Å². The van der Waals surface area contributed by atoms with Gasteiger partial charge >= 0.3 is 0 Å². The summed E-state index contributed by atoms with van der Waals surface area (Å²) in [5.74, 6) is 1.65. The molecule has 0 radical (unpaired) electrons. The number of thioether (sulfide) groups is 1. The van der Waals surface area contributed by atoms with Gasteiger partial charge in [0.05, 0.1) is 0 Å². The Balaban J connectivity index is 2.21. The van der Waals surface area contributed by atoms with Crippen LogP contribution in [-0.4, -0.2) is 22.8 Å². The van der Waals surface area contributed by atoms with Crippen molar-refractivity contribution in [1.82, 2.24) is 9.97 Å². The lowest BCUT2D eigenvalue weighted by atomic mass is 9.85. The molecule has 1 aromatic rings. The Hall–Kier alpha value is -0.610. The van der Waals surface area contributed by atoms with Crippen LogP contribution >= 0.6 is 11.8 Å². The van der Waals surface area contributed by atoms with Gasteiger partial charge in [0.25, 0.3) is 0 Å². The van der Waals surface area contributed by atoms with Gasteiger partial charge in [0.15, 0.2) is 0 Å². The van der Waals surface area contributed by atoms with Crippen LogP contribution in [0.15, 0.2) is 11.2 Å². The van der Waals surface area contributed by atoms with Gasteiger partial charge < -0.3 is 5.73 Å². The summed E-state index contributed by atoms with van der Waals surface area (Å²) < 4.78 is 0. The summed E-state index contributed by atoms with van der Waals surface area (Å²) in [6, 6.07) is 0. The van der Waals surface area contributed by atoms with Crippen molar-refractivity contribution in [2.24, 2.45) is 5.73 Å². The molecule has 0 saturated heterocycles. The molecule has 0 unspecified atom stereocenters. The Morgan fingerprint density at radius 2 is 2.33 bits per heavy atom. The van der Waals surface area contributed by atoms with Gasteiger partial charge in [0.2, 0.25) is 0 Å². The molecule has 2 N–H and O–H groups in total. The summed E-state index contributed by atoms with van der Waals surface area (Å²) in [5, 5.41) is 1.11. The quantitative estimate of drug-likeness (QED) is 0.626. The first-order valence-electron chi connectivity index (χ1n) is 5.45. The highest BCUT2D eigenvalue weighted by Crippen LogP contribution is 2.35. The maximum absolute atomic E-state index is 5.55. The van der Waals surface area contributed by atoms with Crippen molar-refractivity contribution in [3.05, 3.63) is 17.6 Å². The minimum Gasteiger partial charge on any atom is -0.330 e. The summed E-state index contributed by atoms with van der Waals surface area (Å²) in [7, 11) is 0. The fourth-order valence-electron chi connectivity index (χ4n) is 1.77. The van der Waals surface area contributed by atoms with Gasteiger partial charge in [-0.2, -0.15) is 0 Å². The number of hydrogen-bond donors (Lipinski definition) is 1. The monoisotopic (exact) mass is 223 g/mol. The SMILES string of the molecule is CSc1nc(C2CCC2)ncc1CCN. The molecule has 1 fully saturated rings. The smallest absolute Gasteiger partial charge is 0.132 e. The van der Waals surface area contributed by atoms with Gasteiger partial charge in [0.1, 0.15) is 10.9 Å². The zero-order valence-electron chi connectivity index (χ0n) is 9.07. The van der Waals surface area contributed by atoms with Crippen LogP contribution in [0.3, 0.4) is 0 Å². The van der Waals surface area contributed by atoms with Crippen molar-refractivity contribution in [3.63, 3.8) is 0 Å². The molecular weight excluding hydrogens is 206 g/mol. The van der Waals surface area contributed by atoms with Crippen molar-refractivity contribution in [2.75, 3.05) is 12.8 Å². The van der Waals surface area contributed by atoms with E-state index in [0.29, 0.717) is 12.5 Å². The first-order valence-corrected chi connectivity index (χ1v) is 6.67. The van der Waals surface area contributed by atoms with Gasteiger partial charge in [0, 0.05) is 17.7 Å². The third-order valence-electron chi connectivity index (χ3n) is 2.92. The molecular formula is C11H17N3S. The summed E-state index contributed by atoms with van der Waals surface area (Å²) >= 11 is 1.69. The van der Waals surface area contributed by atoms with Crippen LogP contribution in [0.25, 0.3) is 0 Å². The lowest BCUT2D eigenvalue weighted by Gasteiger charge is -2.24. The van der Waals surface area contributed by atoms with E-state index in [9.17, 15) is 0 Å². The van der Waals surface area contributed by atoms with Crippen LogP contribution in [0.5, 0.6) is 0 Å². The highest BCUT2D eigenvalue weighted by molar-refractivity contribution is 7.98. The van der Waals surface area contributed by atoms with E-state index in [0.717, 1.165) is 17.3 Å². The molecule has 0 spiro atoms. The van der Waals surface area contributed by atoms with E-state index >= 15 is 0 Å². The average molecular weight is 223 g/mol. The fraction of sp³-hybridized carbons (Fsp3) is 0.636. The first kappa shape index (κ1) is 10.9. The van der Waals surface area contributed by atoms with E-state index in [2.05, 4.69) is 16.2 Å². The third kappa shape index (κ3) is 2.32. The predicted octanol–water partition coefficient (Wildman–Crippen LogP) is 1.97. The van der Waals surface area contributed by atoms with Crippen molar-refractivity contribution in [2.45, 2.75) is 36.6 Å². The Labute approximate surface area is 94.9 Å². The standard InChI is InChI=1S/C11H17N3S/c1-15-11-9(5-6-12)7-13-10(14-11)8-3-2-4-8/h7-8H,2-6,12H2,1H3. The van der Waals surface area contributed by atoms with Gasteiger partial charge in [-0.1, -0.05) is 6.42 Å². The second-order valence-electron chi connectivity index (χ2n) is 3.93. The zero-order valence-corrected chi connectivity index (χ0v) is 9.89. The van der Waals surface area contributed by atoms with Crippen LogP contribution < -0.4 is 5.73 Å². The van der Waals surface area contributed by atoms with Gasteiger partial charge in [-0.15, -0.1) is 11.8 Å². The van der Waals surface area contributed by atoms with E-state index in [1.54, 1.807) is 11.8 Å². The number of hydrogen-bond acceptors (Lipinski definition) is 4. The molecule has 15 heavy (non-hydrogen) atoms. The highest BCUT2D eigenvalue weighted by atomic mass is 32.2. The highest BCUT2D eigenvalue weighted by Gasteiger charge is 2.22. The molecule has 1 heterocycles. The molecule has 0 atom stereocenters. The summed E-state index contributed by atoms with van der Waals surface area (Å²) in [5.41, 5.74) is 6.74. The van der Waals surface area contributed by atoms with E-state index in [1.807, 2.05) is 6.20 Å². The van der Waals surface area contributed by atoms with Crippen LogP contribution in [0.2, 0.25) is 0 Å². The maximum Gasteiger partial charge on any atom is 0.132 e. The molecule has 1 aliphatic rings. The number of nitrogens with two attached hydrogens (primary N) is 1. The van der Waals surface area contributed by atoms with Gasteiger partial charge in [-0.3, -0.25) is 0 Å². The Bertz CT molecular complexity index is 337. The number of aromatic nitrogens is 2.